The van der Waals surface area contributed by atoms with Crippen molar-refractivity contribution >= 4 is 44.4 Å². The Bertz CT molecular complexity index is 1800. The number of nitrogens with one attached hydrogen (secondary N) is 2. The van der Waals surface area contributed by atoms with E-state index in [9.17, 15) is 13.2 Å². The van der Waals surface area contributed by atoms with Crippen molar-refractivity contribution in [3.63, 3.8) is 0 Å². The Kier molecular flexibility index (Phi) is 8.91. The quantitative estimate of drug-likeness (QED) is 0.258. The normalized spacial score (nSPS) is 17.4. The molecule has 1 aromatic carbocycles. The van der Waals surface area contributed by atoms with Gasteiger partial charge in [-0.1, -0.05) is 23.7 Å². The lowest BCUT2D eigenvalue weighted by molar-refractivity contribution is 0.221. The second kappa shape index (κ2) is 12.5. The number of pyridine rings is 2. The van der Waals surface area contributed by atoms with Crippen LogP contribution in [-0.4, -0.2) is 66.1 Å². The predicted octanol–water partition coefficient (Wildman–Crippen LogP) is 5.18. The summed E-state index contributed by atoms with van der Waals surface area (Å²) in [5.41, 5.74) is 0.990. The van der Waals surface area contributed by atoms with Crippen molar-refractivity contribution in [3.05, 3.63) is 64.0 Å². The van der Waals surface area contributed by atoms with E-state index in [0.29, 0.717) is 34.2 Å². The molecule has 0 aliphatic heterocycles. The minimum absolute atomic E-state index is 0.0177. The van der Waals surface area contributed by atoms with E-state index in [4.69, 9.17) is 21.3 Å². The summed E-state index contributed by atoms with van der Waals surface area (Å²) in [5, 5.41) is 4.23. The summed E-state index contributed by atoms with van der Waals surface area (Å²) in [5.74, 6) is 0.597. The van der Waals surface area contributed by atoms with Crippen molar-refractivity contribution in [1.29, 1.82) is 0 Å². The van der Waals surface area contributed by atoms with Crippen LogP contribution in [0, 0.1) is 0 Å². The molecule has 3 heterocycles. The van der Waals surface area contributed by atoms with Gasteiger partial charge >= 0.3 is 0 Å². The molecular formula is C30H36ClN7O4S. The number of fused-ring (bicyclic) bond motifs is 1. The zero-order chi connectivity index (χ0) is 30.9. The van der Waals surface area contributed by atoms with Crippen molar-refractivity contribution in [2.45, 2.75) is 62.6 Å². The monoisotopic (exact) mass is 625 g/mol. The number of sulfonamides is 1. The number of halogens is 1. The standard InChI is InChI=1S/C30H36ClN7O4S/c1-18(2)38-27-19(17-32-30(35-27)33-20-10-12-21(13-11-20)37(3)4)16-23(29(38)39)22-14-15-26(34-28(22)42-5)36-43(40,41)25-9-7-6-8-24(25)31/h6-9,14-18,20-21H,10-13H2,1-5H3,(H,34,36)(H,32,33,35)/t20-,21-. The van der Waals surface area contributed by atoms with Crippen molar-refractivity contribution in [2.24, 2.45) is 0 Å². The highest BCUT2D eigenvalue weighted by Gasteiger charge is 2.24. The average Bonchev–Trinajstić information content (AvgIpc) is 2.97. The maximum Gasteiger partial charge on any atom is 0.264 e. The zero-order valence-electron chi connectivity index (χ0n) is 24.8. The SMILES string of the molecule is COc1nc(NS(=O)(=O)c2ccccc2Cl)ccc1-c1cc2cnc(N[C@H]3CC[C@H](N(C)C)CC3)nc2n(C(C)C)c1=O. The number of hydrogen-bond donors (Lipinski definition) is 2. The highest BCUT2D eigenvalue weighted by atomic mass is 35.5. The molecule has 0 radical (unpaired) electrons. The second-order valence-electron chi connectivity index (χ2n) is 11.2. The van der Waals surface area contributed by atoms with Crippen LogP contribution in [0.5, 0.6) is 5.88 Å². The molecule has 0 saturated heterocycles. The van der Waals surface area contributed by atoms with Crippen LogP contribution in [0.4, 0.5) is 11.8 Å². The smallest absolute Gasteiger partial charge is 0.264 e. The maximum atomic E-state index is 13.9. The van der Waals surface area contributed by atoms with Gasteiger partial charge in [-0.2, -0.15) is 9.97 Å². The second-order valence-corrected chi connectivity index (χ2v) is 13.3. The fourth-order valence-corrected chi connectivity index (χ4v) is 7.02. The van der Waals surface area contributed by atoms with Gasteiger partial charge in [-0.15, -0.1) is 0 Å². The first-order chi connectivity index (χ1) is 20.5. The van der Waals surface area contributed by atoms with Crippen LogP contribution >= 0.6 is 11.6 Å². The summed E-state index contributed by atoms with van der Waals surface area (Å²) in [4.78, 5) is 29.8. The third kappa shape index (κ3) is 6.46. The molecule has 0 atom stereocenters. The van der Waals surface area contributed by atoms with Gasteiger partial charge < -0.3 is 15.0 Å². The highest BCUT2D eigenvalue weighted by molar-refractivity contribution is 7.92. The van der Waals surface area contributed by atoms with Crippen molar-refractivity contribution < 1.29 is 13.2 Å². The third-order valence-corrected chi connectivity index (χ3v) is 9.61. The van der Waals surface area contributed by atoms with Gasteiger partial charge in [0, 0.05) is 35.3 Å². The van der Waals surface area contributed by atoms with E-state index in [1.54, 1.807) is 35.0 Å². The number of nitrogens with zero attached hydrogens (tertiary/aromatic N) is 5. The molecule has 0 spiro atoms. The summed E-state index contributed by atoms with van der Waals surface area (Å²) >= 11 is 6.10. The maximum absolute atomic E-state index is 13.9. The van der Waals surface area contributed by atoms with Crippen LogP contribution in [0.1, 0.15) is 45.6 Å². The summed E-state index contributed by atoms with van der Waals surface area (Å²) in [6, 6.07) is 11.6. The molecule has 4 aromatic rings. The number of benzene rings is 1. The van der Waals surface area contributed by atoms with Crippen LogP contribution in [0.2, 0.25) is 5.02 Å². The Hall–Kier alpha value is -3.74. The first-order valence-electron chi connectivity index (χ1n) is 14.2. The van der Waals surface area contributed by atoms with E-state index in [1.165, 1.54) is 25.3 Å². The lowest BCUT2D eigenvalue weighted by Gasteiger charge is -2.33. The summed E-state index contributed by atoms with van der Waals surface area (Å²) in [6.07, 6.45) is 5.97. The number of rotatable bonds is 9. The predicted molar refractivity (Wildman–Crippen MR) is 170 cm³/mol. The number of anilines is 2. The van der Waals surface area contributed by atoms with Gasteiger partial charge in [0.25, 0.3) is 15.6 Å². The van der Waals surface area contributed by atoms with Crippen LogP contribution in [-0.2, 0) is 10.0 Å². The minimum atomic E-state index is -4.01. The minimum Gasteiger partial charge on any atom is -0.480 e. The molecule has 5 rings (SSSR count). The highest BCUT2D eigenvalue weighted by Crippen LogP contribution is 2.32. The molecule has 1 saturated carbocycles. The summed E-state index contributed by atoms with van der Waals surface area (Å²) in [6.45, 7) is 3.84. The molecule has 13 heteroatoms. The number of aromatic nitrogens is 4. The first kappa shape index (κ1) is 30.7. The Balaban J connectivity index is 1.48. The zero-order valence-corrected chi connectivity index (χ0v) is 26.4. The molecule has 1 aliphatic rings. The molecule has 1 aliphatic carbocycles. The molecule has 1 fully saturated rings. The largest absolute Gasteiger partial charge is 0.480 e. The molecule has 43 heavy (non-hydrogen) atoms. The molecule has 0 unspecified atom stereocenters. The van der Waals surface area contributed by atoms with Gasteiger partial charge in [0.15, 0.2) is 0 Å². The number of hydrogen-bond acceptors (Lipinski definition) is 9. The first-order valence-corrected chi connectivity index (χ1v) is 16.0. The van der Waals surface area contributed by atoms with Crippen LogP contribution in [0.15, 0.2) is 58.4 Å². The Morgan fingerprint density at radius 2 is 1.77 bits per heavy atom. The van der Waals surface area contributed by atoms with Crippen molar-refractivity contribution in [2.75, 3.05) is 31.2 Å². The lowest BCUT2D eigenvalue weighted by atomic mass is 9.91. The van der Waals surface area contributed by atoms with Crippen LogP contribution in [0.3, 0.4) is 0 Å². The van der Waals surface area contributed by atoms with E-state index >= 15 is 0 Å². The van der Waals surface area contributed by atoms with Gasteiger partial charge in [-0.05, 0) is 84.0 Å². The van der Waals surface area contributed by atoms with Gasteiger partial charge in [0.2, 0.25) is 11.8 Å². The third-order valence-electron chi connectivity index (χ3n) is 7.76. The molecule has 0 amide bonds. The van der Waals surface area contributed by atoms with Gasteiger partial charge in [-0.25, -0.2) is 13.4 Å². The molecular weight excluding hydrogens is 590 g/mol. The van der Waals surface area contributed by atoms with Crippen molar-refractivity contribution in [3.8, 4) is 17.0 Å². The molecule has 11 nitrogen and oxygen atoms in total. The number of ether oxygens (including phenoxy) is 1. The van der Waals surface area contributed by atoms with E-state index < -0.39 is 10.0 Å². The van der Waals surface area contributed by atoms with Gasteiger partial charge in [0.05, 0.1) is 17.7 Å². The molecule has 2 N–H and O–H groups in total. The molecule has 3 aromatic heterocycles. The van der Waals surface area contributed by atoms with Crippen molar-refractivity contribution in [1.82, 2.24) is 24.4 Å². The summed E-state index contributed by atoms with van der Waals surface area (Å²) < 4.78 is 35.5. The van der Waals surface area contributed by atoms with Gasteiger partial charge in [-0.3, -0.25) is 14.1 Å². The molecule has 0 bridgehead atoms. The number of methoxy groups -OCH3 is 1. The Labute approximate surface area is 256 Å². The van der Waals surface area contributed by atoms with E-state index in [2.05, 4.69) is 39.0 Å². The Morgan fingerprint density at radius 3 is 2.42 bits per heavy atom. The van der Waals surface area contributed by atoms with Crippen LogP contribution < -0.4 is 20.3 Å². The van der Waals surface area contributed by atoms with Crippen LogP contribution in [0.25, 0.3) is 22.2 Å². The van der Waals surface area contributed by atoms with E-state index in [0.717, 1.165) is 25.7 Å². The fourth-order valence-electron chi connectivity index (χ4n) is 5.49. The lowest BCUT2D eigenvalue weighted by Crippen LogP contribution is -2.36. The average molecular weight is 626 g/mol. The van der Waals surface area contributed by atoms with E-state index in [-0.39, 0.29) is 39.3 Å². The summed E-state index contributed by atoms with van der Waals surface area (Å²) in [7, 11) is 1.63. The fraction of sp³-hybridized carbons (Fsp3) is 0.400. The topological polar surface area (TPSA) is 131 Å². The van der Waals surface area contributed by atoms with Gasteiger partial charge in [0.1, 0.15) is 16.4 Å². The van der Waals surface area contributed by atoms with E-state index in [1.807, 2.05) is 13.8 Å². The molecule has 228 valence electrons. The Morgan fingerprint density at radius 1 is 1.05 bits per heavy atom.